The van der Waals surface area contributed by atoms with Gasteiger partial charge in [0.15, 0.2) is 0 Å². The highest BCUT2D eigenvalue weighted by Crippen LogP contribution is 2.19. The van der Waals surface area contributed by atoms with Gasteiger partial charge in [0.05, 0.1) is 5.56 Å². The van der Waals surface area contributed by atoms with Gasteiger partial charge >= 0.3 is 18.1 Å². The van der Waals surface area contributed by atoms with Gasteiger partial charge in [-0.15, -0.1) is 0 Å². The van der Waals surface area contributed by atoms with Crippen LogP contribution in [0.4, 0.5) is 15.3 Å². The highest BCUT2D eigenvalue weighted by atomic mass is 16.6. The summed E-state index contributed by atoms with van der Waals surface area (Å²) in [7, 11) is 0. The van der Waals surface area contributed by atoms with Crippen LogP contribution in [0, 0.1) is 5.92 Å². The maximum Gasteiger partial charge on any atom is 0.410 e. The number of carboxylic acids is 1. The third-order valence-electron chi connectivity index (χ3n) is 3.86. The highest BCUT2D eigenvalue weighted by molar-refractivity contribution is 5.93. The van der Waals surface area contributed by atoms with E-state index in [2.05, 4.69) is 10.6 Å². The van der Waals surface area contributed by atoms with Crippen LogP contribution in [0.5, 0.6) is 0 Å². The Labute approximate surface area is 152 Å². The fourth-order valence-electron chi connectivity index (χ4n) is 2.63. The number of rotatable bonds is 4. The lowest BCUT2D eigenvalue weighted by Gasteiger charge is -2.24. The van der Waals surface area contributed by atoms with Crippen molar-refractivity contribution in [2.45, 2.75) is 32.8 Å². The predicted octanol–water partition coefficient (Wildman–Crippen LogP) is 2.76. The van der Waals surface area contributed by atoms with Crippen molar-refractivity contribution >= 4 is 23.8 Å². The molecule has 3 amide bonds. The molecule has 142 valence electrons. The van der Waals surface area contributed by atoms with Crippen molar-refractivity contribution in [1.82, 2.24) is 10.2 Å². The first-order valence-corrected chi connectivity index (χ1v) is 8.50. The molecule has 0 radical (unpaired) electrons. The molecule has 0 aliphatic carbocycles. The Morgan fingerprint density at radius 1 is 1.31 bits per heavy atom. The number of likely N-dealkylation sites (tertiary alicyclic amines) is 1. The zero-order valence-electron chi connectivity index (χ0n) is 15.2. The average Bonchev–Trinajstić information content (AvgIpc) is 3.01. The van der Waals surface area contributed by atoms with Gasteiger partial charge in [-0.2, -0.15) is 0 Å². The lowest BCUT2D eigenvalue weighted by molar-refractivity contribution is 0.0288. The van der Waals surface area contributed by atoms with Crippen LogP contribution in [-0.4, -0.2) is 53.3 Å². The smallest absolute Gasteiger partial charge is 0.410 e. The Balaban J connectivity index is 1.77. The van der Waals surface area contributed by atoms with Crippen molar-refractivity contribution < 1.29 is 24.2 Å². The fraction of sp³-hybridized carbons (Fsp3) is 0.500. The number of carbonyl (C=O) groups is 3. The topological polar surface area (TPSA) is 108 Å². The molecule has 8 nitrogen and oxygen atoms in total. The molecule has 1 heterocycles. The van der Waals surface area contributed by atoms with E-state index in [1.165, 1.54) is 12.1 Å². The minimum absolute atomic E-state index is 0.103. The zero-order chi connectivity index (χ0) is 19.3. The van der Waals surface area contributed by atoms with Gasteiger partial charge in [-0.05, 0) is 51.3 Å². The van der Waals surface area contributed by atoms with Crippen molar-refractivity contribution in [3.05, 3.63) is 29.8 Å². The molecule has 2 rings (SSSR count). The molecule has 1 aliphatic heterocycles. The van der Waals surface area contributed by atoms with Crippen LogP contribution in [0.15, 0.2) is 24.3 Å². The molecule has 26 heavy (non-hydrogen) atoms. The van der Waals surface area contributed by atoms with E-state index in [1.807, 2.05) is 20.8 Å². The van der Waals surface area contributed by atoms with Crippen molar-refractivity contribution in [3.63, 3.8) is 0 Å². The quantitative estimate of drug-likeness (QED) is 0.762. The average molecular weight is 363 g/mol. The van der Waals surface area contributed by atoms with Gasteiger partial charge in [0, 0.05) is 25.3 Å². The van der Waals surface area contributed by atoms with E-state index in [0.717, 1.165) is 6.42 Å². The van der Waals surface area contributed by atoms with E-state index in [9.17, 15) is 14.4 Å². The van der Waals surface area contributed by atoms with Crippen LogP contribution in [0.25, 0.3) is 0 Å². The molecule has 1 aromatic carbocycles. The van der Waals surface area contributed by atoms with Crippen molar-refractivity contribution in [3.8, 4) is 0 Å². The Morgan fingerprint density at radius 2 is 2.04 bits per heavy atom. The third-order valence-corrected chi connectivity index (χ3v) is 3.86. The van der Waals surface area contributed by atoms with Crippen molar-refractivity contribution in [1.29, 1.82) is 0 Å². The van der Waals surface area contributed by atoms with Gasteiger partial charge in [-0.3, -0.25) is 0 Å². The minimum atomic E-state index is -1.05. The number of benzene rings is 1. The highest BCUT2D eigenvalue weighted by Gasteiger charge is 2.29. The summed E-state index contributed by atoms with van der Waals surface area (Å²) in [5.41, 5.74) is -0.0200. The second-order valence-electron chi connectivity index (χ2n) is 7.30. The van der Waals surface area contributed by atoms with E-state index in [4.69, 9.17) is 9.84 Å². The first-order valence-electron chi connectivity index (χ1n) is 8.50. The summed E-state index contributed by atoms with van der Waals surface area (Å²) >= 11 is 0. The molecule has 1 saturated heterocycles. The summed E-state index contributed by atoms with van der Waals surface area (Å²) in [5.74, 6) is -0.902. The lowest BCUT2D eigenvalue weighted by Crippen LogP contribution is -2.37. The molecule has 3 N–H and O–H groups in total. The van der Waals surface area contributed by atoms with Gasteiger partial charge in [0.25, 0.3) is 0 Å². The van der Waals surface area contributed by atoms with Crippen LogP contribution < -0.4 is 10.6 Å². The van der Waals surface area contributed by atoms with E-state index in [-0.39, 0.29) is 17.6 Å². The van der Waals surface area contributed by atoms with E-state index in [1.54, 1.807) is 17.0 Å². The lowest BCUT2D eigenvalue weighted by atomic mass is 10.1. The fourth-order valence-corrected chi connectivity index (χ4v) is 2.63. The summed E-state index contributed by atoms with van der Waals surface area (Å²) < 4.78 is 5.34. The monoisotopic (exact) mass is 363 g/mol. The number of carbonyl (C=O) groups excluding carboxylic acids is 2. The zero-order valence-corrected chi connectivity index (χ0v) is 15.2. The molecular formula is C18H25N3O5. The number of aromatic carboxylic acids is 1. The summed E-state index contributed by atoms with van der Waals surface area (Å²) in [6.45, 7) is 7.02. The van der Waals surface area contributed by atoms with Crippen LogP contribution >= 0.6 is 0 Å². The molecule has 0 saturated carbocycles. The summed E-state index contributed by atoms with van der Waals surface area (Å²) in [5, 5.41) is 14.3. The Hall–Kier alpha value is -2.77. The molecule has 8 heteroatoms. The van der Waals surface area contributed by atoms with Crippen LogP contribution in [0.3, 0.4) is 0 Å². The first kappa shape index (κ1) is 19.6. The van der Waals surface area contributed by atoms with Crippen LogP contribution in [-0.2, 0) is 4.74 Å². The largest absolute Gasteiger partial charge is 0.478 e. The van der Waals surface area contributed by atoms with Crippen molar-refractivity contribution in [2.75, 3.05) is 25.0 Å². The van der Waals surface area contributed by atoms with Crippen LogP contribution in [0.2, 0.25) is 0 Å². The van der Waals surface area contributed by atoms with Gasteiger partial charge in [-0.1, -0.05) is 6.07 Å². The number of hydrogen-bond acceptors (Lipinski definition) is 4. The summed E-state index contributed by atoms with van der Waals surface area (Å²) in [6, 6.07) is 5.61. The number of ether oxygens (including phenoxy) is 1. The van der Waals surface area contributed by atoms with Gasteiger partial charge in [0.2, 0.25) is 0 Å². The third kappa shape index (κ3) is 5.94. The number of hydrogen-bond donors (Lipinski definition) is 3. The maximum absolute atomic E-state index is 12.0. The second kappa shape index (κ2) is 8.07. The SMILES string of the molecule is CC(C)(C)OC(=O)N1CCC(CNC(=O)Nc2cccc(C(=O)O)c2)C1. The predicted molar refractivity (Wildman–Crippen MR) is 96.3 cm³/mol. The normalized spacial score (nSPS) is 16.9. The van der Waals surface area contributed by atoms with E-state index < -0.39 is 17.6 Å². The molecule has 1 unspecified atom stereocenters. The molecule has 0 aromatic heterocycles. The second-order valence-corrected chi connectivity index (χ2v) is 7.30. The van der Waals surface area contributed by atoms with E-state index >= 15 is 0 Å². The van der Waals surface area contributed by atoms with Gasteiger partial charge < -0.3 is 25.4 Å². The number of carboxylic acid groups (broad SMARTS) is 1. The van der Waals surface area contributed by atoms with Crippen molar-refractivity contribution in [2.24, 2.45) is 5.92 Å². The Bertz CT molecular complexity index is 684. The number of urea groups is 1. The Morgan fingerprint density at radius 3 is 2.69 bits per heavy atom. The van der Waals surface area contributed by atoms with Gasteiger partial charge in [-0.25, -0.2) is 14.4 Å². The van der Waals surface area contributed by atoms with Crippen LogP contribution in [0.1, 0.15) is 37.6 Å². The molecule has 1 fully saturated rings. The standard InChI is InChI=1S/C18H25N3O5/c1-18(2,3)26-17(25)21-8-7-12(11-21)10-19-16(24)20-14-6-4-5-13(9-14)15(22)23/h4-6,9,12H,7-8,10-11H2,1-3H3,(H,22,23)(H2,19,20,24). The molecule has 1 aliphatic rings. The molecular weight excluding hydrogens is 338 g/mol. The number of amides is 3. The molecule has 0 bridgehead atoms. The molecule has 1 aromatic rings. The summed E-state index contributed by atoms with van der Waals surface area (Å²) in [4.78, 5) is 36.6. The first-order chi connectivity index (χ1) is 12.1. The number of anilines is 1. The number of nitrogens with one attached hydrogen (secondary N) is 2. The summed E-state index contributed by atoms with van der Waals surface area (Å²) in [6.07, 6.45) is 0.448. The number of nitrogens with zero attached hydrogens (tertiary/aromatic N) is 1. The van der Waals surface area contributed by atoms with Gasteiger partial charge in [0.1, 0.15) is 5.60 Å². The Kier molecular flexibility index (Phi) is 6.07. The molecule has 1 atom stereocenters. The maximum atomic E-state index is 12.0. The van der Waals surface area contributed by atoms with E-state index in [0.29, 0.717) is 25.3 Å². The molecule has 0 spiro atoms. The minimum Gasteiger partial charge on any atom is -0.478 e.